The van der Waals surface area contributed by atoms with Gasteiger partial charge in [0, 0.05) is 28.8 Å². The smallest absolute Gasteiger partial charge is 0.119 e. The Hall–Kier alpha value is -3.57. The average molecular weight is 510 g/mol. The standard InChI is InChI=1S/C28H29BClN7/c1-17-11-19(12-21-25(17)32-14-18(13-31)26(21)33-16-27(2,3)4)34-28(29,22-7-5-6-8-23(22)30)24-15-37(36-35-24)20-9-10-20/h5-8,11-12,14-15,20,34H,9-10,16H2,1-4H3,(H,32,33). The summed E-state index contributed by atoms with van der Waals surface area (Å²) in [6.07, 6.45) is 5.69. The van der Waals surface area contributed by atoms with Gasteiger partial charge >= 0.3 is 0 Å². The van der Waals surface area contributed by atoms with E-state index in [9.17, 15) is 5.26 Å². The molecular formula is C28H29BClN7. The number of pyridine rings is 1. The fourth-order valence-corrected chi connectivity index (χ4v) is 4.72. The van der Waals surface area contributed by atoms with Crippen molar-refractivity contribution in [2.24, 2.45) is 5.41 Å². The Morgan fingerprint density at radius 1 is 1.22 bits per heavy atom. The minimum atomic E-state index is -1.25. The molecule has 2 radical (unpaired) electrons. The van der Waals surface area contributed by atoms with Crippen LogP contribution in [-0.2, 0) is 5.44 Å². The molecule has 2 heterocycles. The van der Waals surface area contributed by atoms with Crippen LogP contribution >= 0.6 is 11.6 Å². The number of nitrogens with one attached hydrogen (secondary N) is 2. The highest BCUT2D eigenvalue weighted by atomic mass is 35.5. The number of hydrogen-bond donors (Lipinski definition) is 2. The van der Waals surface area contributed by atoms with Gasteiger partial charge in [-0.15, -0.1) is 5.10 Å². The van der Waals surface area contributed by atoms with Gasteiger partial charge in [-0.05, 0) is 54.5 Å². The van der Waals surface area contributed by atoms with Crippen molar-refractivity contribution in [3.8, 4) is 6.07 Å². The zero-order valence-electron chi connectivity index (χ0n) is 21.5. The topological polar surface area (TPSA) is 91.5 Å². The number of benzene rings is 2. The molecule has 1 fully saturated rings. The lowest BCUT2D eigenvalue weighted by Gasteiger charge is -2.32. The van der Waals surface area contributed by atoms with Gasteiger partial charge in [0.15, 0.2) is 0 Å². The number of rotatable bonds is 7. The Balaban J connectivity index is 1.64. The molecule has 1 atom stereocenters. The Labute approximate surface area is 223 Å². The first-order valence-electron chi connectivity index (χ1n) is 12.4. The van der Waals surface area contributed by atoms with Crippen LogP contribution < -0.4 is 10.6 Å². The highest BCUT2D eigenvalue weighted by Crippen LogP contribution is 2.39. The highest BCUT2D eigenvalue weighted by molar-refractivity contribution is 6.33. The van der Waals surface area contributed by atoms with Crippen LogP contribution in [0.3, 0.4) is 0 Å². The second kappa shape index (κ2) is 9.39. The van der Waals surface area contributed by atoms with E-state index in [-0.39, 0.29) is 5.41 Å². The van der Waals surface area contributed by atoms with Crippen LogP contribution in [-0.4, -0.2) is 34.4 Å². The van der Waals surface area contributed by atoms with Crippen molar-refractivity contribution in [3.63, 3.8) is 0 Å². The molecule has 1 saturated carbocycles. The van der Waals surface area contributed by atoms with Crippen molar-refractivity contribution in [1.29, 1.82) is 5.26 Å². The van der Waals surface area contributed by atoms with Crippen molar-refractivity contribution in [2.75, 3.05) is 17.2 Å². The zero-order valence-corrected chi connectivity index (χ0v) is 22.3. The van der Waals surface area contributed by atoms with E-state index >= 15 is 0 Å². The summed E-state index contributed by atoms with van der Waals surface area (Å²) in [5, 5.41) is 27.0. The van der Waals surface area contributed by atoms with Gasteiger partial charge in [-0.25, -0.2) is 4.68 Å². The van der Waals surface area contributed by atoms with E-state index in [1.165, 1.54) is 0 Å². The van der Waals surface area contributed by atoms with Crippen LogP contribution in [0.5, 0.6) is 0 Å². The van der Waals surface area contributed by atoms with E-state index in [1.807, 2.05) is 54.2 Å². The monoisotopic (exact) mass is 509 g/mol. The Kier molecular flexibility index (Phi) is 6.37. The first-order chi connectivity index (χ1) is 17.6. The van der Waals surface area contributed by atoms with Gasteiger partial charge in [-0.2, -0.15) is 5.26 Å². The van der Waals surface area contributed by atoms with Crippen molar-refractivity contribution in [1.82, 2.24) is 20.0 Å². The average Bonchev–Trinajstić information content (AvgIpc) is 3.57. The van der Waals surface area contributed by atoms with E-state index in [0.717, 1.165) is 40.7 Å². The molecule has 37 heavy (non-hydrogen) atoms. The van der Waals surface area contributed by atoms with Crippen molar-refractivity contribution < 1.29 is 0 Å². The second-order valence-corrected chi connectivity index (χ2v) is 11.4. The summed E-state index contributed by atoms with van der Waals surface area (Å²) in [7, 11) is 7.12. The summed E-state index contributed by atoms with van der Waals surface area (Å²) in [5.41, 5.74) is 3.81. The van der Waals surface area contributed by atoms with Crippen LogP contribution in [0.15, 0.2) is 48.8 Å². The van der Waals surface area contributed by atoms with Crippen LogP contribution in [0.4, 0.5) is 11.4 Å². The third-order valence-electron chi connectivity index (χ3n) is 6.55. The number of fused-ring (bicyclic) bond motifs is 1. The zero-order chi connectivity index (χ0) is 26.4. The summed E-state index contributed by atoms with van der Waals surface area (Å²) < 4.78 is 1.87. The quantitative estimate of drug-likeness (QED) is 0.300. The lowest BCUT2D eigenvalue weighted by atomic mass is 9.69. The van der Waals surface area contributed by atoms with Crippen LogP contribution in [0.2, 0.25) is 5.02 Å². The maximum Gasteiger partial charge on any atom is 0.119 e. The Morgan fingerprint density at radius 2 is 1.97 bits per heavy atom. The molecule has 2 aromatic heterocycles. The normalized spacial score (nSPS) is 15.2. The predicted molar refractivity (Wildman–Crippen MR) is 149 cm³/mol. The number of nitriles is 1. The summed E-state index contributed by atoms with van der Waals surface area (Å²) >= 11 is 6.65. The summed E-state index contributed by atoms with van der Waals surface area (Å²) in [6.45, 7) is 9.14. The number of halogens is 1. The lowest BCUT2D eigenvalue weighted by molar-refractivity contribution is 0.443. The predicted octanol–water partition coefficient (Wildman–Crippen LogP) is 5.93. The van der Waals surface area contributed by atoms with Crippen molar-refractivity contribution in [2.45, 2.75) is 52.0 Å². The molecule has 0 spiro atoms. The molecule has 9 heteroatoms. The van der Waals surface area contributed by atoms with E-state index < -0.39 is 5.44 Å². The summed E-state index contributed by atoms with van der Waals surface area (Å²) in [6, 6.07) is 14.1. The number of nitrogens with zero attached hydrogens (tertiary/aromatic N) is 5. The fraction of sp³-hybridized carbons (Fsp3) is 0.357. The number of hydrogen-bond acceptors (Lipinski definition) is 6. The van der Waals surface area contributed by atoms with Crippen LogP contribution in [0.25, 0.3) is 10.9 Å². The molecule has 2 aromatic carbocycles. The number of anilines is 2. The van der Waals surface area contributed by atoms with Crippen LogP contribution in [0.1, 0.15) is 62.0 Å². The van der Waals surface area contributed by atoms with Crippen molar-refractivity contribution >= 4 is 41.7 Å². The third kappa shape index (κ3) is 5.01. The Bertz CT molecular complexity index is 1510. The number of aromatic nitrogens is 4. The molecule has 1 aliphatic carbocycles. The molecule has 186 valence electrons. The minimum Gasteiger partial charge on any atom is -0.383 e. The van der Waals surface area contributed by atoms with Crippen LogP contribution in [0, 0.1) is 23.7 Å². The van der Waals surface area contributed by atoms with Gasteiger partial charge < -0.3 is 10.6 Å². The van der Waals surface area contributed by atoms with Gasteiger partial charge in [0.1, 0.15) is 19.6 Å². The fourth-order valence-electron chi connectivity index (χ4n) is 4.43. The first-order valence-corrected chi connectivity index (χ1v) is 12.8. The minimum absolute atomic E-state index is 0.0249. The van der Waals surface area contributed by atoms with Gasteiger partial charge in [0.25, 0.3) is 0 Å². The van der Waals surface area contributed by atoms with Crippen molar-refractivity contribution in [3.05, 3.63) is 76.2 Å². The van der Waals surface area contributed by atoms with Gasteiger partial charge in [0.05, 0.1) is 34.4 Å². The molecule has 7 nitrogen and oxygen atoms in total. The molecule has 4 aromatic rings. The largest absolute Gasteiger partial charge is 0.383 e. The maximum atomic E-state index is 9.81. The Morgan fingerprint density at radius 3 is 2.65 bits per heavy atom. The molecule has 1 unspecified atom stereocenters. The molecule has 5 rings (SSSR count). The molecule has 0 saturated heterocycles. The number of aryl methyl sites for hydroxylation is 1. The maximum absolute atomic E-state index is 9.81. The molecule has 0 aliphatic heterocycles. The van der Waals surface area contributed by atoms with E-state index in [1.54, 1.807) is 6.20 Å². The SMILES string of the molecule is [B]C(Nc1cc(C)c2ncc(C#N)c(NCC(C)(C)C)c2c1)(c1cn(C2CC2)nn1)c1ccccc1Cl. The molecular weight excluding hydrogens is 481 g/mol. The van der Waals surface area contributed by atoms with Gasteiger partial charge in [-0.3, -0.25) is 4.98 Å². The van der Waals surface area contributed by atoms with Gasteiger partial charge in [-0.1, -0.05) is 55.8 Å². The van der Waals surface area contributed by atoms with E-state index in [4.69, 9.17) is 19.4 Å². The summed E-state index contributed by atoms with van der Waals surface area (Å²) in [5.74, 6) is 0. The first kappa shape index (κ1) is 25.1. The third-order valence-corrected chi connectivity index (χ3v) is 6.88. The summed E-state index contributed by atoms with van der Waals surface area (Å²) in [4.78, 5) is 4.59. The van der Waals surface area contributed by atoms with Gasteiger partial charge in [0.2, 0.25) is 0 Å². The molecule has 0 bridgehead atoms. The molecule has 2 N–H and O–H groups in total. The van der Waals surface area contributed by atoms with E-state index in [2.05, 4.69) is 52.8 Å². The molecule has 1 aliphatic rings. The molecule has 0 amide bonds. The highest BCUT2D eigenvalue weighted by Gasteiger charge is 2.35. The lowest BCUT2D eigenvalue weighted by Crippen LogP contribution is -2.38. The second-order valence-electron chi connectivity index (χ2n) is 11.0. The van der Waals surface area contributed by atoms with E-state index in [0.29, 0.717) is 34.4 Å².